The van der Waals surface area contributed by atoms with Crippen molar-refractivity contribution in [3.8, 4) is 22.5 Å². The molecule has 2 aromatic heterocycles. The number of carbonyl (C=O) groups is 1. The molecule has 0 aliphatic heterocycles. The average Bonchev–Trinajstić information content (AvgIpc) is 3.06. The van der Waals surface area contributed by atoms with E-state index in [-0.39, 0.29) is 5.91 Å². The van der Waals surface area contributed by atoms with E-state index in [2.05, 4.69) is 20.6 Å². The van der Waals surface area contributed by atoms with E-state index in [4.69, 9.17) is 4.98 Å². The monoisotopic (exact) mass is 444 g/mol. The molecule has 2 heterocycles. The van der Waals surface area contributed by atoms with Crippen LogP contribution < -0.4 is 5.32 Å². The van der Waals surface area contributed by atoms with E-state index in [1.54, 1.807) is 4.68 Å². The fourth-order valence-electron chi connectivity index (χ4n) is 3.34. The number of aryl methyl sites for hydroxylation is 2. The highest BCUT2D eigenvalue weighted by atomic mass is 32.2. The zero-order chi connectivity index (χ0) is 22.7. The highest BCUT2D eigenvalue weighted by Crippen LogP contribution is 2.31. The van der Waals surface area contributed by atoms with E-state index < -0.39 is 5.25 Å². The number of anilines is 1. The van der Waals surface area contributed by atoms with Gasteiger partial charge in [-0.1, -0.05) is 72.4 Å². The Hall–Kier alpha value is -3.52. The molecule has 0 aliphatic carbocycles. The summed E-state index contributed by atoms with van der Waals surface area (Å²) in [5.41, 5.74) is 5.77. The van der Waals surface area contributed by atoms with Crippen molar-refractivity contribution in [1.82, 2.24) is 25.0 Å². The van der Waals surface area contributed by atoms with Gasteiger partial charge >= 0.3 is 0 Å². The van der Waals surface area contributed by atoms with Crippen LogP contribution >= 0.6 is 11.8 Å². The Balaban J connectivity index is 1.61. The van der Waals surface area contributed by atoms with Crippen LogP contribution in [0.4, 0.5) is 5.69 Å². The number of thioether (sulfide) groups is 1. The van der Waals surface area contributed by atoms with E-state index in [0.29, 0.717) is 10.9 Å². The Bertz CT molecular complexity index is 1240. The molecule has 0 aliphatic rings. The number of nitrogens with zero attached hydrogens (tertiary/aromatic N) is 5. The number of hydrogen-bond donors (Lipinski definition) is 1. The van der Waals surface area contributed by atoms with Crippen LogP contribution in [0, 0.1) is 13.8 Å². The molecule has 1 atom stereocenters. The number of amides is 1. The molecule has 2 aromatic carbocycles. The summed E-state index contributed by atoms with van der Waals surface area (Å²) in [6.45, 7) is 5.63. The molecule has 1 N–H and O–H groups in total. The van der Waals surface area contributed by atoms with Gasteiger partial charge in [-0.2, -0.15) is 5.10 Å². The molecule has 1 amide bonds. The Labute approximate surface area is 191 Å². The van der Waals surface area contributed by atoms with E-state index in [1.165, 1.54) is 11.8 Å². The molecule has 162 valence electrons. The fraction of sp³-hybridized carbons (Fsp3) is 0.208. The van der Waals surface area contributed by atoms with Crippen LogP contribution in [0.1, 0.15) is 18.3 Å². The summed E-state index contributed by atoms with van der Waals surface area (Å²) in [4.78, 5) is 17.6. The minimum absolute atomic E-state index is 0.133. The predicted octanol–water partition coefficient (Wildman–Crippen LogP) is 4.68. The van der Waals surface area contributed by atoms with E-state index >= 15 is 0 Å². The van der Waals surface area contributed by atoms with Crippen LogP contribution in [0.25, 0.3) is 22.5 Å². The van der Waals surface area contributed by atoms with Gasteiger partial charge in [0.2, 0.25) is 11.1 Å². The maximum Gasteiger partial charge on any atom is 0.237 e. The number of carbonyl (C=O) groups excluding carboxylic acids is 1. The highest BCUT2D eigenvalue weighted by molar-refractivity contribution is 8.00. The molecular weight excluding hydrogens is 420 g/mol. The van der Waals surface area contributed by atoms with Crippen molar-refractivity contribution < 1.29 is 4.79 Å². The maximum atomic E-state index is 12.8. The Morgan fingerprint density at radius 3 is 2.09 bits per heavy atom. The third-order valence-electron chi connectivity index (χ3n) is 5.17. The first kappa shape index (κ1) is 21.7. The summed E-state index contributed by atoms with van der Waals surface area (Å²) in [5, 5.41) is 16.2. The molecule has 0 fully saturated rings. The van der Waals surface area contributed by atoms with Crippen molar-refractivity contribution >= 4 is 23.4 Å². The van der Waals surface area contributed by atoms with Crippen LogP contribution in [0.2, 0.25) is 0 Å². The smallest absolute Gasteiger partial charge is 0.237 e. The van der Waals surface area contributed by atoms with Gasteiger partial charge in [0.25, 0.3) is 0 Å². The van der Waals surface area contributed by atoms with Crippen molar-refractivity contribution in [2.45, 2.75) is 31.2 Å². The largest absolute Gasteiger partial charge is 0.322 e. The van der Waals surface area contributed by atoms with Crippen LogP contribution in [-0.2, 0) is 11.8 Å². The number of hydrogen-bond acceptors (Lipinski definition) is 6. The molecule has 0 radical (unpaired) electrons. The van der Waals surface area contributed by atoms with Gasteiger partial charge in [0.15, 0.2) is 0 Å². The molecular formula is C24H24N6OS. The Morgan fingerprint density at radius 2 is 1.53 bits per heavy atom. The minimum atomic E-state index is -0.415. The van der Waals surface area contributed by atoms with Gasteiger partial charge in [-0.25, -0.2) is 4.98 Å². The first-order valence-electron chi connectivity index (χ1n) is 10.3. The summed E-state index contributed by atoms with van der Waals surface area (Å²) in [6, 6.07) is 19.7. The summed E-state index contributed by atoms with van der Waals surface area (Å²) < 4.78 is 1.75. The summed E-state index contributed by atoms with van der Waals surface area (Å²) in [5.74, 6) is -0.133. The van der Waals surface area contributed by atoms with Gasteiger partial charge in [-0.15, -0.1) is 10.2 Å². The normalized spacial score (nSPS) is 11.9. The van der Waals surface area contributed by atoms with Gasteiger partial charge in [0, 0.05) is 18.2 Å². The maximum absolute atomic E-state index is 12.8. The Morgan fingerprint density at radius 1 is 0.938 bits per heavy atom. The zero-order valence-electron chi connectivity index (χ0n) is 18.4. The molecule has 7 nitrogen and oxygen atoms in total. The first-order chi connectivity index (χ1) is 15.4. The van der Waals surface area contributed by atoms with Gasteiger partial charge in [-0.05, 0) is 20.8 Å². The number of aromatic nitrogens is 5. The zero-order valence-corrected chi connectivity index (χ0v) is 19.2. The predicted molar refractivity (Wildman–Crippen MR) is 127 cm³/mol. The molecule has 8 heteroatoms. The molecule has 4 aromatic rings. The van der Waals surface area contributed by atoms with E-state index in [1.807, 2.05) is 88.5 Å². The van der Waals surface area contributed by atoms with Gasteiger partial charge in [0.05, 0.1) is 22.3 Å². The van der Waals surface area contributed by atoms with Crippen molar-refractivity contribution in [1.29, 1.82) is 0 Å². The van der Waals surface area contributed by atoms with Crippen molar-refractivity contribution in [3.63, 3.8) is 0 Å². The standard InChI is InChI=1S/C24H24N6OS/c1-15-20(16(2)30(4)29-15)25-23(31)17(3)32-24-26-21(18-11-7-5-8-12-18)22(27-28-24)19-13-9-6-10-14-19/h5-14,17H,1-4H3,(H,25,31)/t17-/m1/s1. The highest BCUT2D eigenvalue weighted by Gasteiger charge is 2.21. The SMILES string of the molecule is Cc1nn(C)c(C)c1NC(=O)[C@@H](C)Sc1nnc(-c2ccccc2)c(-c2ccccc2)n1. The topological polar surface area (TPSA) is 85.6 Å². The molecule has 0 saturated heterocycles. The van der Waals surface area contributed by atoms with Crippen molar-refractivity contribution in [2.24, 2.45) is 7.05 Å². The molecule has 32 heavy (non-hydrogen) atoms. The first-order valence-corrected chi connectivity index (χ1v) is 11.1. The molecule has 0 saturated carbocycles. The van der Waals surface area contributed by atoms with E-state index in [9.17, 15) is 4.79 Å². The quantitative estimate of drug-likeness (QED) is 0.435. The number of rotatable bonds is 6. The van der Waals surface area contributed by atoms with Gasteiger partial charge < -0.3 is 5.32 Å². The second-order valence-corrected chi connectivity index (χ2v) is 8.75. The van der Waals surface area contributed by atoms with Gasteiger partial charge in [-0.3, -0.25) is 9.48 Å². The van der Waals surface area contributed by atoms with Crippen LogP contribution in [-0.4, -0.2) is 36.1 Å². The average molecular weight is 445 g/mol. The lowest BCUT2D eigenvalue weighted by Crippen LogP contribution is -2.23. The van der Waals surface area contributed by atoms with E-state index in [0.717, 1.165) is 33.9 Å². The third kappa shape index (κ3) is 4.55. The molecule has 0 bridgehead atoms. The van der Waals surface area contributed by atoms with Crippen molar-refractivity contribution in [2.75, 3.05) is 5.32 Å². The fourth-order valence-corrected chi connectivity index (χ4v) is 4.05. The molecule has 4 rings (SSSR count). The number of nitrogens with one attached hydrogen (secondary N) is 1. The second-order valence-electron chi connectivity index (χ2n) is 7.44. The molecule has 0 unspecified atom stereocenters. The summed E-state index contributed by atoms with van der Waals surface area (Å²) in [7, 11) is 1.86. The van der Waals surface area contributed by atoms with Crippen LogP contribution in [0.5, 0.6) is 0 Å². The second kappa shape index (κ2) is 9.32. The Kier molecular flexibility index (Phi) is 6.32. The van der Waals surface area contributed by atoms with Crippen molar-refractivity contribution in [3.05, 3.63) is 72.1 Å². The van der Waals surface area contributed by atoms with Crippen LogP contribution in [0.15, 0.2) is 65.8 Å². The summed E-state index contributed by atoms with van der Waals surface area (Å²) in [6.07, 6.45) is 0. The minimum Gasteiger partial charge on any atom is -0.322 e. The summed E-state index contributed by atoms with van der Waals surface area (Å²) >= 11 is 1.28. The lowest BCUT2D eigenvalue weighted by molar-refractivity contribution is -0.115. The third-order valence-corrected chi connectivity index (χ3v) is 6.12. The lowest BCUT2D eigenvalue weighted by Gasteiger charge is -2.13. The molecule has 0 spiro atoms. The van der Waals surface area contributed by atoms with Gasteiger partial charge in [0.1, 0.15) is 11.4 Å². The number of benzene rings is 2. The van der Waals surface area contributed by atoms with Crippen LogP contribution in [0.3, 0.4) is 0 Å². The lowest BCUT2D eigenvalue weighted by atomic mass is 10.0.